The summed E-state index contributed by atoms with van der Waals surface area (Å²) in [5, 5.41) is 3.41. The van der Waals surface area contributed by atoms with Gasteiger partial charge in [0.25, 0.3) is 5.91 Å². The smallest absolute Gasteiger partial charge is 0.255 e. The van der Waals surface area contributed by atoms with Gasteiger partial charge in [0.15, 0.2) is 5.78 Å². The molecule has 5 heteroatoms. The van der Waals surface area contributed by atoms with E-state index in [1.54, 1.807) is 66.7 Å². The van der Waals surface area contributed by atoms with E-state index in [-0.39, 0.29) is 11.7 Å². The summed E-state index contributed by atoms with van der Waals surface area (Å²) in [5.41, 5.74) is 2.49. The van der Waals surface area contributed by atoms with Crippen LogP contribution in [0.25, 0.3) is 17.4 Å². The Morgan fingerprint density at radius 2 is 1.48 bits per heavy atom. The van der Waals surface area contributed by atoms with Gasteiger partial charge in [-0.15, -0.1) is 0 Å². The van der Waals surface area contributed by atoms with Crippen LogP contribution in [-0.2, 0) is 0 Å². The normalized spacial score (nSPS) is 10.9. The van der Waals surface area contributed by atoms with Crippen LogP contribution in [0.15, 0.2) is 101 Å². The highest BCUT2D eigenvalue weighted by Crippen LogP contribution is 2.29. The van der Waals surface area contributed by atoms with Crippen molar-refractivity contribution >= 4 is 35.1 Å². The molecule has 0 saturated heterocycles. The average Bonchev–Trinajstić information content (AvgIpc) is 3.27. The molecule has 0 aliphatic carbocycles. The van der Waals surface area contributed by atoms with Crippen LogP contribution in [0.2, 0.25) is 5.02 Å². The lowest BCUT2D eigenvalue weighted by atomic mass is 10.1. The number of amides is 1. The summed E-state index contributed by atoms with van der Waals surface area (Å²) in [6.07, 6.45) is 3.07. The van der Waals surface area contributed by atoms with E-state index in [9.17, 15) is 9.59 Å². The van der Waals surface area contributed by atoms with Gasteiger partial charge in [-0.3, -0.25) is 9.59 Å². The highest BCUT2D eigenvalue weighted by atomic mass is 35.5. The van der Waals surface area contributed by atoms with E-state index in [1.165, 1.54) is 6.08 Å². The Morgan fingerprint density at radius 1 is 0.774 bits per heavy atom. The minimum absolute atomic E-state index is 0.170. The van der Waals surface area contributed by atoms with Gasteiger partial charge in [0, 0.05) is 22.4 Å². The molecule has 0 aliphatic rings. The Hall–Kier alpha value is -3.89. The number of ketones is 1. The van der Waals surface area contributed by atoms with E-state index in [1.807, 2.05) is 30.3 Å². The summed E-state index contributed by atoms with van der Waals surface area (Å²) in [4.78, 5) is 24.7. The number of nitrogens with one attached hydrogen (secondary N) is 1. The number of furan rings is 1. The highest BCUT2D eigenvalue weighted by Gasteiger charge is 2.09. The van der Waals surface area contributed by atoms with Gasteiger partial charge in [-0.25, -0.2) is 0 Å². The van der Waals surface area contributed by atoms with Crippen molar-refractivity contribution in [2.24, 2.45) is 0 Å². The molecule has 1 heterocycles. The van der Waals surface area contributed by atoms with Gasteiger partial charge in [-0.2, -0.15) is 0 Å². The fourth-order valence-electron chi connectivity index (χ4n) is 3.01. The first-order chi connectivity index (χ1) is 15.1. The predicted octanol–water partition coefficient (Wildman–Crippen LogP) is 6.75. The number of anilines is 1. The van der Waals surface area contributed by atoms with Crippen LogP contribution in [0.4, 0.5) is 5.69 Å². The number of benzene rings is 3. The van der Waals surface area contributed by atoms with Crippen molar-refractivity contribution in [2.45, 2.75) is 0 Å². The van der Waals surface area contributed by atoms with Crippen molar-refractivity contribution in [3.05, 3.63) is 119 Å². The van der Waals surface area contributed by atoms with Crippen LogP contribution in [0.3, 0.4) is 0 Å². The Kier molecular flexibility index (Phi) is 6.11. The van der Waals surface area contributed by atoms with E-state index in [0.717, 1.165) is 5.56 Å². The summed E-state index contributed by atoms with van der Waals surface area (Å²) in [6, 6.07) is 26.7. The van der Waals surface area contributed by atoms with Gasteiger partial charge in [-0.05, 0) is 72.8 Å². The zero-order valence-electron chi connectivity index (χ0n) is 16.4. The minimum Gasteiger partial charge on any atom is -0.457 e. The number of carbonyl (C=O) groups is 2. The summed E-state index contributed by atoms with van der Waals surface area (Å²) < 4.78 is 5.77. The number of halogens is 1. The Balaban J connectivity index is 1.40. The maximum Gasteiger partial charge on any atom is 0.255 e. The molecule has 152 valence electrons. The molecule has 0 bridgehead atoms. The molecule has 0 radical (unpaired) electrons. The Labute approximate surface area is 184 Å². The molecule has 1 amide bonds. The van der Waals surface area contributed by atoms with E-state index in [4.69, 9.17) is 16.0 Å². The van der Waals surface area contributed by atoms with Crippen molar-refractivity contribution < 1.29 is 14.0 Å². The molecule has 1 aromatic heterocycles. The van der Waals surface area contributed by atoms with Gasteiger partial charge in [0.1, 0.15) is 11.5 Å². The lowest BCUT2D eigenvalue weighted by Gasteiger charge is -2.05. The van der Waals surface area contributed by atoms with Crippen LogP contribution < -0.4 is 5.32 Å². The molecular weight excluding hydrogens is 410 g/mol. The summed E-state index contributed by atoms with van der Waals surface area (Å²) in [6.45, 7) is 0. The average molecular weight is 428 g/mol. The van der Waals surface area contributed by atoms with Crippen molar-refractivity contribution in [3.63, 3.8) is 0 Å². The minimum atomic E-state index is -0.202. The third kappa shape index (κ3) is 5.00. The second kappa shape index (κ2) is 9.28. The second-order valence-corrected chi connectivity index (χ2v) is 7.18. The van der Waals surface area contributed by atoms with Gasteiger partial charge in [0.2, 0.25) is 0 Å². The summed E-state index contributed by atoms with van der Waals surface area (Å²) in [7, 11) is 0. The van der Waals surface area contributed by atoms with E-state index in [2.05, 4.69) is 5.32 Å². The fraction of sp³-hybridized carbons (Fsp3) is 0. The maximum absolute atomic E-state index is 12.5. The molecule has 0 unspecified atom stereocenters. The van der Waals surface area contributed by atoms with E-state index >= 15 is 0 Å². The van der Waals surface area contributed by atoms with Crippen LogP contribution in [-0.4, -0.2) is 11.7 Å². The zero-order valence-corrected chi connectivity index (χ0v) is 17.2. The molecule has 0 saturated carbocycles. The number of hydrogen-bond acceptors (Lipinski definition) is 3. The molecule has 4 nitrogen and oxygen atoms in total. The first kappa shape index (κ1) is 20.4. The zero-order chi connectivity index (χ0) is 21.6. The standard InChI is InChI=1S/C26H18ClNO3/c27-23-9-5-4-8-22(23)25-17-15-21(31-25)14-16-24(29)18-10-12-20(13-11-18)28-26(30)19-6-2-1-3-7-19/h1-17H,(H,28,30)/b16-14+. The van der Waals surface area contributed by atoms with E-state index < -0.39 is 0 Å². The SMILES string of the molecule is O=C(/C=C/c1ccc(-c2ccccc2Cl)o1)c1ccc(NC(=O)c2ccccc2)cc1. The van der Waals surface area contributed by atoms with Crippen molar-refractivity contribution in [2.75, 3.05) is 5.32 Å². The van der Waals surface area contributed by atoms with Gasteiger partial charge >= 0.3 is 0 Å². The molecule has 0 spiro atoms. The van der Waals surface area contributed by atoms with Gasteiger partial charge < -0.3 is 9.73 Å². The molecule has 0 fully saturated rings. The number of allylic oxidation sites excluding steroid dienone is 1. The van der Waals surface area contributed by atoms with Gasteiger partial charge in [0.05, 0.1) is 5.02 Å². The van der Waals surface area contributed by atoms with Crippen LogP contribution in [0.5, 0.6) is 0 Å². The van der Waals surface area contributed by atoms with E-state index in [0.29, 0.717) is 33.4 Å². The van der Waals surface area contributed by atoms with Crippen LogP contribution in [0, 0.1) is 0 Å². The second-order valence-electron chi connectivity index (χ2n) is 6.78. The molecule has 4 rings (SSSR count). The molecule has 3 aromatic carbocycles. The third-order valence-corrected chi connectivity index (χ3v) is 4.96. The Bertz CT molecular complexity index is 1240. The first-order valence-electron chi connectivity index (χ1n) is 9.64. The predicted molar refractivity (Wildman–Crippen MR) is 123 cm³/mol. The summed E-state index contributed by atoms with van der Waals surface area (Å²) >= 11 is 6.20. The van der Waals surface area contributed by atoms with Crippen LogP contribution >= 0.6 is 11.6 Å². The lowest BCUT2D eigenvalue weighted by molar-refractivity contribution is 0.102. The molecular formula is C26H18ClNO3. The molecule has 0 atom stereocenters. The topological polar surface area (TPSA) is 59.3 Å². The number of carbonyl (C=O) groups excluding carboxylic acids is 2. The summed E-state index contributed by atoms with van der Waals surface area (Å²) in [5.74, 6) is 0.814. The third-order valence-electron chi connectivity index (χ3n) is 4.63. The van der Waals surface area contributed by atoms with Crippen molar-refractivity contribution in [1.82, 2.24) is 0 Å². The fourth-order valence-corrected chi connectivity index (χ4v) is 3.24. The van der Waals surface area contributed by atoms with Crippen molar-refractivity contribution in [1.29, 1.82) is 0 Å². The molecule has 0 aliphatic heterocycles. The van der Waals surface area contributed by atoms with Crippen LogP contribution in [0.1, 0.15) is 26.5 Å². The maximum atomic E-state index is 12.5. The quantitative estimate of drug-likeness (QED) is 0.273. The molecule has 31 heavy (non-hydrogen) atoms. The number of rotatable bonds is 6. The first-order valence-corrected chi connectivity index (χ1v) is 10.0. The monoisotopic (exact) mass is 427 g/mol. The molecule has 4 aromatic rings. The van der Waals surface area contributed by atoms with Crippen molar-refractivity contribution in [3.8, 4) is 11.3 Å². The largest absolute Gasteiger partial charge is 0.457 e. The number of hydrogen-bond donors (Lipinski definition) is 1. The molecule has 1 N–H and O–H groups in total. The van der Waals surface area contributed by atoms with Gasteiger partial charge in [-0.1, -0.05) is 41.9 Å². The Morgan fingerprint density at radius 3 is 2.23 bits per heavy atom. The lowest BCUT2D eigenvalue weighted by Crippen LogP contribution is -2.11. The highest BCUT2D eigenvalue weighted by molar-refractivity contribution is 6.33.